The normalized spacial score (nSPS) is 11.3. The number of amides is 1. The molecule has 0 aromatic carbocycles. The Labute approximate surface area is 95.0 Å². The van der Waals surface area contributed by atoms with Gasteiger partial charge in [-0.3, -0.25) is 9.78 Å². The van der Waals surface area contributed by atoms with Gasteiger partial charge in [0.05, 0.1) is 21.7 Å². The van der Waals surface area contributed by atoms with Crippen LogP contribution in [-0.4, -0.2) is 17.1 Å². The predicted molar refractivity (Wildman–Crippen MR) is 51.6 cm³/mol. The Morgan fingerprint density at radius 1 is 1.40 bits per heavy atom. The van der Waals surface area contributed by atoms with E-state index in [1.54, 1.807) is 0 Å². The van der Waals surface area contributed by atoms with E-state index in [-0.39, 0.29) is 9.26 Å². The summed E-state index contributed by atoms with van der Waals surface area (Å²) in [5.41, 5.74) is -0.307. The topological polar surface area (TPSA) is 42.0 Å². The van der Waals surface area contributed by atoms with Gasteiger partial charge >= 0.3 is 12.1 Å². The number of nitrogens with one attached hydrogen (secondary N) is 1. The molecule has 0 atom stereocenters. The van der Waals surface area contributed by atoms with Crippen molar-refractivity contribution in [3.05, 3.63) is 21.8 Å². The molecule has 0 saturated heterocycles. The molecule has 0 aliphatic rings. The van der Waals surface area contributed by atoms with Crippen molar-refractivity contribution in [2.75, 3.05) is 5.32 Å². The summed E-state index contributed by atoms with van der Waals surface area (Å²) in [7, 11) is 0. The van der Waals surface area contributed by atoms with Crippen LogP contribution in [0.2, 0.25) is 0 Å². The number of carbonyl (C=O) groups excluding carboxylic acids is 1. The summed E-state index contributed by atoms with van der Waals surface area (Å²) in [5.74, 6) is -2.96. The number of alkyl halides is 3. The van der Waals surface area contributed by atoms with Crippen LogP contribution in [0.3, 0.4) is 0 Å². The molecule has 1 heterocycles. The van der Waals surface area contributed by atoms with Crippen LogP contribution in [0.1, 0.15) is 0 Å². The highest BCUT2D eigenvalue weighted by atomic mass is 127. The Hall–Kier alpha value is -0.930. The van der Waals surface area contributed by atoms with E-state index in [0.717, 1.165) is 12.4 Å². The first kappa shape index (κ1) is 12.1. The maximum Gasteiger partial charge on any atom is 0.471 e. The highest BCUT2D eigenvalue weighted by Crippen LogP contribution is 2.22. The fraction of sp³-hybridized carbons (Fsp3) is 0.143. The predicted octanol–water partition coefficient (Wildman–Crippen LogP) is 2.33. The van der Waals surface area contributed by atoms with E-state index in [9.17, 15) is 22.4 Å². The molecular formula is C7H3F4IN2O. The lowest BCUT2D eigenvalue weighted by Gasteiger charge is -2.08. The van der Waals surface area contributed by atoms with E-state index in [1.807, 2.05) is 0 Å². The average molecular weight is 334 g/mol. The molecule has 0 aliphatic carbocycles. The Kier molecular flexibility index (Phi) is 3.47. The monoisotopic (exact) mass is 334 g/mol. The fourth-order valence-corrected chi connectivity index (χ4v) is 1.11. The third-order valence-corrected chi connectivity index (χ3v) is 2.44. The molecule has 0 spiro atoms. The molecule has 15 heavy (non-hydrogen) atoms. The van der Waals surface area contributed by atoms with Gasteiger partial charge in [0.25, 0.3) is 0 Å². The number of hydrogen-bond donors (Lipinski definition) is 1. The minimum Gasteiger partial charge on any atom is -0.316 e. The highest BCUT2D eigenvalue weighted by Gasteiger charge is 2.39. The summed E-state index contributed by atoms with van der Waals surface area (Å²) in [6.45, 7) is 0. The van der Waals surface area contributed by atoms with Gasteiger partial charge in [-0.05, 0) is 22.6 Å². The highest BCUT2D eigenvalue weighted by molar-refractivity contribution is 14.1. The first-order valence-corrected chi connectivity index (χ1v) is 4.57. The summed E-state index contributed by atoms with van der Waals surface area (Å²) in [6.07, 6.45) is -3.23. The van der Waals surface area contributed by atoms with Gasteiger partial charge in [0.2, 0.25) is 0 Å². The maximum atomic E-state index is 12.8. The Bertz CT molecular complexity index is 393. The third kappa shape index (κ3) is 3.01. The van der Waals surface area contributed by atoms with Crippen LogP contribution in [0.25, 0.3) is 0 Å². The van der Waals surface area contributed by atoms with Crippen LogP contribution in [0.4, 0.5) is 23.2 Å². The SMILES string of the molecule is O=C(Nc1cncc(F)c1I)C(F)(F)F. The third-order valence-electron chi connectivity index (χ3n) is 1.34. The van der Waals surface area contributed by atoms with Crippen molar-refractivity contribution in [2.45, 2.75) is 6.18 Å². The van der Waals surface area contributed by atoms with Gasteiger partial charge in [-0.1, -0.05) is 0 Å². The van der Waals surface area contributed by atoms with Crippen molar-refractivity contribution in [2.24, 2.45) is 0 Å². The minimum atomic E-state index is -5.00. The van der Waals surface area contributed by atoms with Crippen molar-refractivity contribution >= 4 is 34.2 Å². The Balaban J connectivity index is 2.91. The van der Waals surface area contributed by atoms with Gasteiger partial charge < -0.3 is 5.32 Å². The van der Waals surface area contributed by atoms with Crippen LogP contribution >= 0.6 is 22.6 Å². The van der Waals surface area contributed by atoms with E-state index < -0.39 is 17.9 Å². The molecule has 0 fully saturated rings. The summed E-state index contributed by atoms with van der Waals surface area (Å²) >= 11 is 1.47. The van der Waals surface area contributed by atoms with Crippen molar-refractivity contribution < 1.29 is 22.4 Å². The number of pyridine rings is 1. The van der Waals surface area contributed by atoms with E-state index in [4.69, 9.17) is 0 Å². The number of carbonyl (C=O) groups is 1. The number of rotatable bonds is 1. The van der Waals surface area contributed by atoms with Crippen molar-refractivity contribution in [3.63, 3.8) is 0 Å². The van der Waals surface area contributed by atoms with Crippen molar-refractivity contribution in [1.82, 2.24) is 4.98 Å². The first-order chi connectivity index (χ1) is 6.82. The molecule has 0 bridgehead atoms. The average Bonchev–Trinajstić information content (AvgIpc) is 2.11. The van der Waals surface area contributed by atoms with Crippen molar-refractivity contribution in [1.29, 1.82) is 0 Å². The number of halogens is 5. The molecule has 0 unspecified atom stereocenters. The molecule has 82 valence electrons. The van der Waals surface area contributed by atoms with Crippen LogP contribution in [0.5, 0.6) is 0 Å². The smallest absolute Gasteiger partial charge is 0.316 e. The van der Waals surface area contributed by atoms with Gasteiger partial charge in [0, 0.05) is 0 Å². The second-order valence-electron chi connectivity index (χ2n) is 2.43. The second-order valence-corrected chi connectivity index (χ2v) is 3.51. The Morgan fingerprint density at radius 2 is 2.00 bits per heavy atom. The molecule has 0 aliphatic heterocycles. The largest absolute Gasteiger partial charge is 0.471 e. The standard InChI is InChI=1S/C7H3F4IN2O/c8-3-1-13-2-4(5(3)12)14-6(15)7(9,10)11/h1-2H,(H,14,15). The van der Waals surface area contributed by atoms with Crippen molar-refractivity contribution in [3.8, 4) is 0 Å². The molecule has 1 aromatic rings. The number of nitrogens with zero attached hydrogens (tertiary/aromatic N) is 1. The second kappa shape index (κ2) is 4.29. The minimum absolute atomic E-state index is 0.125. The van der Waals surface area contributed by atoms with Crippen LogP contribution < -0.4 is 5.32 Å². The lowest BCUT2D eigenvalue weighted by atomic mass is 10.4. The molecule has 8 heteroatoms. The molecule has 1 N–H and O–H groups in total. The lowest BCUT2D eigenvalue weighted by molar-refractivity contribution is -0.167. The molecule has 0 radical (unpaired) electrons. The van der Waals surface area contributed by atoms with E-state index in [0.29, 0.717) is 0 Å². The van der Waals surface area contributed by atoms with Gasteiger partial charge in [-0.2, -0.15) is 13.2 Å². The maximum absolute atomic E-state index is 12.8. The van der Waals surface area contributed by atoms with Gasteiger partial charge in [0.15, 0.2) is 5.82 Å². The summed E-state index contributed by atoms with van der Waals surface area (Å²) < 4.78 is 48.2. The first-order valence-electron chi connectivity index (χ1n) is 3.49. The van der Waals surface area contributed by atoms with Gasteiger partial charge in [-0.15, -0.1) is 0 Å². The van der Waals surface area contributed by atoms with E-state index in [1.165, 1.54) is 27.9 Å². The Morgan fingerprint density at radius 3 is 2.53 bits per heavy atom. The molecule has 3 nitrogen and oxygen atoms in total. The zero-order chi connectivity index (χ0) is 11.6. The molecule has 1 aromatic heterocycles. The van der Waals surface area contributed by atoms with Crippen LogP contribution in [0.15, 0.2) is 12.4 Å². The molecular weight excluding hydrogens is 331 g/mol. The zero-order valence-corrected chi connectivity index (χ0v) is 9.06. The summed E-state index contributed by atoms with van der Waals surface area (Å²) in [4.78, 5) is 13.8. The van der Waals surface area contributed by atoms with E-state index in [2.05, 4.69) is 4.98 Å². The van der Waals surface area contributed by atoms with Crippen LogP contribution in [-0.2, 0) is 4.79 Å². The molecule has 1 amide bonds. The molecule has 1 rings (SSSR count). The fourth-order valence-electron chi connectivity index (χ4n) is 0.700. The number of aromatic nitrogens is 1. The summed E-state index contributed by atoms with van der Waals surface area (Å²) in [5, 5.41) is 1.52. The van der Waals surface area contributed by atoms with Crippen LogP contribution in [0, 0.1) is 9.39 Å². The summed E-state index contributed by atoms with van der Waals surface area (Å²) in [6, 6.07) is 0. The van der Waals surface area contributed by atoms with Gasteiger partial charge in [-0.25, -0.2) is 4.39 Å². The zero-order valence-electron chi connectivity index (χ0n) is 6.90. The lowest BCUT2D eigenvalue weighted by Crippen LogP contribution is -2.30. The molecule has 0 saturated carbocycles. The number of hydrogen-bond acceptors (Lipinski definition) is 2. The number of anilines is 1. The van der Waals surface area contributed by atoms with E-state index >= 15 is 0 Å². The van der Waals surface area contributed by atoms with Gasteiger partial charge in [0.1, 0.15) is 0 Å². The quantitative estimate of drug-likeness (QED) is 0.633.